The SMILES string of the molecule is CCOC(=O)CC(NCc1cccc(C(F)(F)F)c1)C(C)C. The number of nitrogens with one attached hydrogen (secondary N) is 1. The Balaban J connectivity index is 2.67. The summed E-state index contributed by atoms with van der Waals surface area (Å²) in [5.41, 5.74) is -0.136. The molecule has 3 nitrogen and oxygen atoms in total. The molecular formula is C16H22F3NO2. The molecule has 0 spiro atoms. The molecule has 1 aromatic carbocycles. The number of rotatable bonds is 7. The van der Waals surface area contributed by atoms with Gasteiger partial charge < -0.3 is 10.1 Å². The van der Waals surface area contributed by atoms with Gasteiger partial charge in [-0.1, -0.05) is 32.0 Å². The monoisotopic (exact) mass is 317 g/mol. The van der Waals surface area contributed by atoms with Crippen LogP contribution in [-0.2, 0) is 22.3 Å². The highest BCUT2D eigenvalue weighted by atomic mass is 19.4. The van der Waals surface area contributed by atoms with Crippen LogP contribution < -0.4 is 5.32 Å². The van der Waals surface area contributed by atoms with E-state index in [1.807, 2.05) is 13.8 Å². The minimum Gasteiger partial charge on any atom is -0.466 e. The fraction of sp³-hybridized carbons (Fsp3) is 0.562. The van der Waals surface area contributed by atoms with Crippen LogP contribution in [0.5, 0.6) is 0 Å². The van der Waals surface area contributed by atoms with Gasteiger partial charge in [-0.05, 0) is 24.5 Å². The molecule has 0 aliphatic rings. The lowest BCUT2D eigenvalue weighted by Crippen LogP contribution is -2.36. The zero-order valence-electron chi connectivity index (χ0n) is 13.0. The smallest absolute Gasteiger partial charge is 0.416 e. The number of carbonyl (C=O) groups is 1. The Morgan fingerprint density at radius 1 is 1.32 bits per heavy atom. The van der Waals surface area contributed by atoms with Crippen LogP contribution in [0.1, 0.15) is 38.3 Å². The molecule has 0 amide bonds. The zero-order chi connectivity index (χ0) is 16.8. The van der Waals surface area contributed by atoms with Crippen molar-refractivity contribution in [2.45, 2.75) is 46.0 Å². The third-order valence-corrected chi connectivity index (χ3v) is 3.32. The van der Waals surface area contributed by atoms with Crippen LogP contribution in [0.2, 0.25) is 0 Å². The highest BCUT2D eigenvalue weighted by Gasteiger charge is 2.30. The van der Waals surface area contributed by atoms with Crippen molar-refractivity contribution < 1.29 is 22.7 Å². The average molecular weight is 317 g/mol. The number of ether oxygens (including phenoxy) is 1. The van der Waals surface area contributed by atoms with Gasteiger partial charge in [0, 0.05) is 12.6 Å². The standard InChI is InChI=1S/C16H22F3NO2/c1-4-22-15(21)9-14(11(2)3)20-10-12-6-5-7-13(8-12)16(17,18)19/h5-8,11,14,20H,4,9-10H2,1-3H3. The van der Waals surface area contributed by atoms with Crippen molar-refractivity contribution >= 4 is 5.97 Å². The Bertz CT molecular complexity index is 487. The normalized spacial score (nSPS) is 13.2. The first-order valence-electron chi connectivity index (χ1n) is 7.29. The number of hydrogen-bond acceptors (Lipinski definition) is 3. The van der Waals surface area contributed by atoms with Crippen molar-refractivity contribution in [3.05, 3.63) is 35.4 Å². The predicted octanol–water partition coefficient (Wildman–Crippen LogP) is 3.77. The van der Waals surface area contributed by atoms with Crippen LogP contribution >= 0.6 is 0 Å². The largest absolute Gasteiger partial charge is 0.466 e. The van der Waals surface area contributed by atoms with Crippen LogP contribution in [0.4, 0.5) is 13.2 Å². The molecule has 0 heterocycles. The highest BCUT2D eigenvalue weighted by molar-refractivity contribution is 5.70. The molecule has 0 fully saturated rings. The molecule has 1 atom stereocenters. The number of hydrogen-bond donors (Lipinski definition) is 1. The molecule has 0 aliphatic carbocycles. The first-order chi connectivity index (χ1) is 10.2. The quantitative estimate of drug-likeness (QED) is 0.778. The Hall–Kier alpha value is -1.56. The number of benzene rings is 1. The van der Waals surface area contributed by atoms with Gasteiger partial charge in [0.2, 0.25) is 0 Å². The van der Waals surface area contributed by atoms with Gasteiger partial charge in [0.15, 0.2) is 0 Å². The maximum atomic E-state index is 12.7. The average Bonchev–Trinajstić information content (AvgIpc) is 2.42. The van der Waals surface area contributed by atoms with E-state index in [4.69, 9.17) is 4.74 Å². The third kappa shape index (κ3) is 6.05. The van der Waals surface area contributed by atoms with Crippen molar-refractivity contribution in [2.75, 3.05) is 6.61 Å². The number of carbonyl (C=O) groups excluding carboxylic acids is 1. The second-order valence-electron chi connectivity index (χ2n) is 5.44. The summed E-state index contributed by atoms with van der Waals surface area (Å²) in [6.07, 6.45) is -4.15. The second-order valence-corrected chi connectivity index (χ2v) is 5.44. The summed E-state index contributed by atoms with van der Waals surface area (Å²) in [5, 5.41) is 3.14. The topological polar surface area (TPSA) is 38.3 Å². The van der Waals surface area contributed by atoms with E-state index >= 15 is 0 Å². The zero-order valence-corrected chi connectivity index (χ0v) is 13.0. The fourth-order valence-corrected chi connectivity index (χ4v) is 2.05. The maximum Gasteiger partial charge on any atom is 0.416 e. The molecule has 0 saturated heterocycles. The van der Waals surface area contributed by atoms with E-state index in [0.29, 0.717) is 12.2 Å². The van der Waals surface area contributed by atoms with E-state index in [-0.39, 0.29) is 30.9 Å². The minimum atomic E-state index is -4.35. The Morgan fingerprint density at radius 2 is 2.00 bits per heavy atom. The molecule has 1 N–H and O–H groups in total. The summed E-state index contributed by atoms with van der Waals surface area (Å²) in [6.45, 7) is 6.22. The van der Waals surface area contributed by atoms with Crippen molar-refractivity contribution in [3.63, 3.8) is 0 Å². The fourth-order valence-electron chi connectivity index (χ4n) is 2.05. The number of halogens is 3. The van der Waals surface area contributed by atoms with E-state index in [2.05, 4.69) is 5.32 Å². The molecule has 0 aliphatic heterocycles. The van der Waals surface area contributed by atoms with Gasteiger partial charge in [0.05, 0.1) is 18.6 Å². The van der Waals surface area contributed by atoms with Crippen molar-refractivity contribution in [3.8, 4) is 0 Å². The van der Waals surface area contributed by atoms with Gasteiger partial charge in [0.1, 0.15) is 0 Å². The molecule has 1 rings (SSSR count). The van der Waals surface area contributed by atoms with Crippen LogP contribution in [0.15, 0.2) is 24.3 Å². The Kier molecular flexibility index (Phi) is 6.87. The van der Waals surface area contributed by atoms with E-state index in [1.165, 1.54) is 6.07 Å². The lowest BCUT2D eigenvalue weighted by atomic mass is 10.0. The van der Waals surface area contributed by atoms with Gasteiger partial charge >= 0.3 is 12.1 Å². The molecule has 6 heteroatoms. The lowest BCUT2D eigenvalue weighted by Gasteiger charge is -2.22. The summed E-state index contributed by atoms with van der Waals surface area (Å²) >= 11 is 0. The third-order valence-electron chi connectivity index (χ3n) is 3.32. The van der Waals surface area contributed by atoms with Crippen LogP contribution in [0.3, 0.4) is 0 Å². The molecule has 0 saturated carbocycles. The summed E-state index contributed by atoms with van der Waals surface area (Å²) in [4.78, 5) is 11.5. The van der Waals surface area contributed by atoms with Crippen LogP contribution in [0.25, 0.3) is 0 Å². The Labute approximate surface area is 128 Å². The second kappa shape index (κ2) is 8.17. The van der Waals surface area contributed by atoms with Crippen molar-refractivity contribution in [1.29, 1.82) is 0 Å². The predicted molar refractivity (Wildman–Crippen MR) is 78.2 cm³/mol. The molecule has 0 radical (unpaired) electrons. The number of esters is 1. The van der Waals surface area contributed by atoms with Gasteiger partial charge in [-0.2, -0.15) is 13.2 Å². The van der Waals surface area contributed by atoms with E-state index in [1.54, 1.807) is 13.0 Å². The summed E-state index contributed by atoms with van der Waals surface area (Å²) < 4.78 is 42.9. The summed E-state index contributed by atoms with van der Waals surface area (Å²) in [6, 6.07) is 5.03. The molecule has 1 aromatic rings. The van der Waals surface area contributed by atoms with E-state index in [0.717, 1.165) is 12.1 Å². The van der Waals surface area contributed by atoms with Gasteiger partial charge in [-0.15, -0.1) is 0 Å². The minimum absolute atomic E-state index is 0.145. The molecule has 124 valence electrons. The first kappa shape index (κ1) is 18.5. The molecule has 0 aromatic heterocycles. The van der Waals surface area contributed by atoms with Gasteiger partial charge in [-0.25, -0.2) is 0 Å². The molecule has 1 unspecified atom stereocenters. The van der Waals surface area contributed by atoms with E-state index < -0.39 is 11.7 Å². The molecule has 22 heavy (non-hydrogen) atoms. The Morgan fingerprint density at radius 3 is 2.55 bits per heavy atom. The molecular weight excluding hydrogens is 295 g/mol. The van der Waals surface area contributed by atoms with Crippen molar-refractivity contribution in [2.24, 2.45) is 5.92 Å². The molecule has 0 bridgehead atoms. The maximum absolute atomic E-state index is 12.7. The van der Waals surface area contributed by atoms with Gasteiger partial charge in [-0.3, -0.25) is 4.79 Å². The summed E-state index contributed by atoms with van der Waals surface area (Å²) in [5.74, 6) is -0.145. The lowest BCUT2D eigenvalue weighted by molar-refractivity contribution is -0.144. The highest BCUT2D eigenvalue weighted by Crippen LogP contribution is 2.29. The summed E-state index contributed by atoms with van der Waals surface area (Å²) in [7, 11) is 0. The van der Waals surface area contributed by atoms with E-state index in [9.17, 15) is 18.0 Å². The van der Waals surface area contributed by atoms with Crippen LogP contribution in [0, 0.1) is 5.92 Å². The van der Waals surface area contributed by atoms with Crippen molar-refractivity contribution in [1.82, 2.24) is 5.32 Å². The first-order valence-corrected chi connectivity index (χ1v) is 7.29. The van der Waals surface area contributed by atoms with Gasteiger partial charge in [0.25, 0.3) is 0 Å². The number of alkyl halides is 3. The van der Waals surface area contributed by atoms with Crippen LogP contribution in [-0.4, -0.2) is 18.6 Å².